The number of hydrogen-bond acceptors (Lipinski definition) is 4. The third kappa shape index (κ3) is 5.54. The van der Waals surface area contributed by atoms with Crippen LogP contribution in [0.1, 0.15) is 36.0 Å². The molecule has 3 rings (SSSR count). The molecule has 1 aliphatic rings. The van der Waals surface area contributed by atoms with Crippen LogP contribution in [0.3, 0.4) is 0 Å². The third-order valence-electron chi connectivity index (χ3n) is 4.52. The van der Waals surface area contributed by atoms with Crippen molar-refractivity contribution in [3.63, 3.8) is 0 Å². The number of amides is 1. The first-order chi connectivity index (χ1) is 13.1. The van der Waals surface area contributed by atoms with Crippen molar-refractivity contribution in [3.8, 4) is 0 Å². The van der Waals surface area contributed by atoms with Crippen LogP contribution in [-0.4, -0.2) is 31.6 Å². The van der Waals surface area contributed by atoms with Gasteiger partial charge in [0.15, 0.2) is 6.61 Å². The normalized spacial score (nSPS) is 14.3. The summed E-state index contributed by atoms with van der Waals surface area (Å²) in [7, 11) is 0. The average molecular weight is 370 g/mol. The molecule has 5 nitrogen and oxygen atoms in total. The highest BCUT2D eigenvalue weighted by Gasteiger charge is 2.12. The topological polar surface area (TPSA) is 58.6 Å². The summed E-state index contributed by atoms with van der Waals surface area (Å²) in [6.07, 6.45) is 4.96. The number of rotatable bonds is 5. The van der Waals surface area contributed by atoms with Gasteiger partial charge in [-0.15, -0.1) is 0 Å². The van der Waals surface area contributed by atoms with E-state index < -0.39 is 24.3 Å². The zero-order valence-electron chi connectivity index (χ0n) is 15.1. The van der Waals surface area contributed by atoms with Gasteiger partial charge in [0.05, 0.1) is 5.56 Å². The quantitative estimate of drug-likeness (QED) is 0.808. The summed E-state index contributed by atoms with van der Waals surface area (Å²) in [4.78, 5) is 26.2. The summed E-state index contributed by atoms with van der Waals surface area (Å²) >= 11 is 0. The van der Waals surface area contributed by atoms with E-state index in [1.54, 1.807) is 0 Å². The Labute approximate surface area is 158 Å². The van der Waals surface area contributed by atoms with Crippen LogP contribution in [0.15, 0.2) is 48.5 Å². The molecule has 2 aromatic carbocycles. The highest BCUT2D eigenvalue weighted by Crippen LogP contribution is 2.21. The largest absolute Gasteiger partial charge is 0.452 e. The number of esters is 1. The van der Waals surface area contributed by atoms with E-state index in [9.17, 15) is 14.0 Å². The molecule has 1 aliphatic heterocycles. The van der Waals surface area contributed by atoms with Crippen LogP contribution in [0.4, 0.5) is 15.8 Å². The molecule has 1 fully saturated rings. The number of carbonyl (C=O) groups excluding carboxylic acids is 2. The second kappa shape index (κ2) is 9.16. The van der Waals surface area contributed by atoms with Crippen molar-refractivity contribution in [2.45, 2.75) is 25.7 Å². The molecular formula is C21H23FN2O3. The Hall–Kier alpha value is -2.89. The summed E-state index contributed by atoms with van der Waals surface area (Å²) in [6, 6.07) is 12.8. The van der Waals surface area contributed by atoms with Crippen molar-refractivity contribution in [1.29, 1.82) is 0 Å². The summed E-state index contributed by atoms with van der Waals surface area (Å²) in [6.45, 7) is 1.69. The van der Waals surface area contributed by atoms with Crippen molar-refractivity contribution < 1.29 is 18.7 Å². The highest BCUT2D eigenvalue weighted by molar-refractivity contribution is 5.95. The summed E-state index contributed by atoms with van der Waals surface area (Å²) < 4.78 is 18.0. The van der Waals surface area contributed by atoms with Gasteiger partial charge in [0.1, 0.15) is 5.82 Å². The predicted molar refractivity (Wildman–Crippen MR) is 102 cm³/mol. The van der Waals surface area contributed by atoms with Gasteiger partial charge in [0, 0.05) is 24.5 Å². The first-order valence-corrected chi connectivity index (χ1v) is 9.19. The molecule has 1 saturated heterocycles. The first-order valence-electron chi connectivity index (χ1n) is 9.19. The van der Waals surface area contributed by atoms with Crippen molar-refractivity contribution in [2.24, 2.45) is 0 Å². The van der Waals surface area contributed by atoms with Crippen molar-refractivity contribution in [1.82, 2.24) is 0 Å². The van der Waals surface area contributed by atoms with Gasteiger partial charge in [-0.05, 0) is 55.3 Å². The molecule has 0 spiro atoms. The SMILES string of the molecule is O=C(COC(=O)c1cccc(F)c1)Nc1ccc(N2CCCCCC2)cc1. The molecule has 0 aliphatic carbocycles. The summed E-state index contributed by atoms with van der Waals surface area (Å²) in [5, 5.41) is 2.69. The zero-order chi connectivity index (χ0) is 19.1. The maximum Gasteiger partial charge on any atom is 0.338 e. The Bertz CT molecular complexity index is 784. The molecule has 0 bridgehead atoms. The minimum Gasteiger partial charge on any atom is -0.452 e. The molecule has 1 heterocycles. The number of ether oxygens (including phenoxy) is 1. The highest BCUT2D eigenvalue weighted by atomic mass is 19.1. The molecule has 142 valence electrons. The fourth-order valence-corrected chi connectivity index (χ4v) is 3.11. The van der Waals surface area contributed by atoms with Gasteiger partial charge < -0.3 is 15.0 Å². The second-order valence-corrected chi connectivity index (χ2v) is 6.58. The Morgan fingerprint density at radius 3 is 2.37 bits per heavy atom. The molecule has 0 unspecified atom stereocenters. The molecule has 6 heteroatoms. The van der Waals surface area contributed by atoms with Crippen LogP contribution in [-0.2, 0) is 9.53 Å². The van der Waals surface area contributed by atoms with Gasteiger partial charge in [0.25, 0.3) is 5.91 Å². The predicted octanol–water partition coefficient (Wildman–Crippen LogP) is 4.00. The molecule has 0 aromatic heterocycles. The van der Waals surface area contributed by atoms with Crippen molar-refractivity contribution >= 4 is 23.3 Å². The van der Waals surface area contributed by atoms with E-state index in [1.807, 2.05) is 24.3 Å². The standard InChI is InChI=1S/C21H23FN2O3/c22-17-7-5-6-16(14-17)21(26)27-15-20(25)23-18-8-10-19(11-9-18)24-12-3-1-2-4-13-24/h5-11,14H,1-4,12-13,15H2,(H,23,25). The van der Waals surface area contributed by atoms with E-state index in [0.29, 0.717) is 5.69 Å². The van der Waals surface area contributed by atoms with Crippen LogP contribution in [0.25, 0.3) is 0 Å². The lowest BCUT2D eigenvalue weighted by atomic mass is 10.2. The maximum atomic E-state index is 13.1. The molecule has 0 saturated carbocycles. The molecule has 0 atom stereocenters. The number of carbonyl (C=O) groups is 2. The number of benzene rings is 2. The number of anilines is 2. The van der Waals surface area contributed by atoms with Gasteiger partial charge >= 0.3 is 5.97 Å². The fourth-order valence-electron chi connectivity index (χ4n) is 3.11. The van der Waals surface area contributed by atoms with Crippen LogP contribution in [0.2, 0.25) is 0 Å². The van der Waals surface area contributed by atoms with E-state index in [-0.39, 0.29) is 5.56 Å². The molecular weight excluding hydrogens is 347 g/mol. The molecule has 0 radical (unpaired) electrons. The maximum absolute atomic E-state index is 13.1. The lowest BCUT2D eigenvalue weighted by molar-refractivity contribution is -0.119. The number of halogens is 1. The second-order valence-electron chi connectivity index (χ2n) is 6.58. The first kappa shape index (κ1) is 18.9. The zero-order valence-corrected chi connectivity index (χ0v) is 15.1. The van der Waals surface area contributed by atoms with Gasteiger partial charge in [-0.3, -0.25) is 4.79 Å². The van der Waals surface area contributed by atoms with E-state index in [2.05, 4.69) is 10.2 Å². The van der Waals surface area contributed by atoms with E-state index >= 15 is 0 Å². The molecule has 1 amide bonds. The van der Waals surface area contributed by atoms with Crippen molar-refractivity contribution in [3.05, 3.63) is 59.9 Å². The molecule has 27 heavy (non-hydrogen) atoms. The fraction of sp³-hybridized carbons (Fsp3) is 0.333. The minimum absolute atomic E-state index is 0.0737. The lowest BCUT2D eigenvalue weighted by Gasteiger charge is -2.22. The van der Waals surface area contributed by atoms with Gasteiger partial charge in [0.2, 0.25) is 0 Å². The Kier molecular flexibility index (Phi) is 6.41. The van der Waals surface area contributed by atoms with Crippen LogP contribution in [0.5, 0.6) is 0 Å². The third-order valence-corrected chi connectivity index (χ3v) is 4.52. The van der Waals surface area contributed by atoms with E-state index in [1.165, 1.54) is 43.9 Å². The number of hydrogen-bond donors (Lipinski definition) is 1. The summed E-state index contributed by atoms with van der Waals surface area (Å²) in [5.74, 6) is -1.71. The van der Waals surface area contributed by atoms with Crippen LogP contribution >= 0.6 is 0 Å². The number of nitrogens with one attached hydrogen (secondary N) is 1. The summed E-state index contributed by atoms with van der Waals surface area (Å²) in [5.41, 5.74) is 1.86. The van der Waals surface area contributed by atoms with Crippen LogP contribution < -0.4 is 10.2 Å². The average Bonchev–Trinajstić information content (AvgIpc) is 2.96. The minimum atomic E-state index is -0.735. The van der Waals surface area contributed by atoms with E-state index in [0.717, 1.165) is 24.8 Å². The van der Waals surface area contributed by atoms with E-state index in [4.69, 9.17) is 4.74 Å². The Morgan fingerprint density at radius 1 is 1.00 bits per heavy atom. The van der Waals surface area contributed by atoms with Gasteiger partial charge in [-0.1, -0.05) is 18.9 Å². The lowest BCUT2D eigenvalue weighted by Crippen LogP contribution is -2.24. The van der Waals surface area contributed by atoms with Crippen molar-refractivity contribution in [2.75, 3.05) is 29.9 Å². The van der Waals surface area contributed by atoms with Gasteiger partial charge in [-0.2, -0.15) is 0 Å². The Morgan fingerprint density at radius 2 is 1.70 bits per heavy atom. The number of nitrogens with zero attached hydrogens (tertiary/aromatic N) is 1. The molecule has 2 aromatic rings. The van der Waals surface area contributed by atoms with Crippen LogP contribution in [0, 0.1) is 5.82 Å². The monoisotopic (exact) mass is 370 g/mol. The van der Waals surface area contributed by atoms with Gasteiger partial charge in [-0.25, -0.2) is 9.18 Å². The molecule has 1 N–H and O–H groups in total. The smallest absolute Gasteiger partial charge is 0.338 e. The Balaban J connectivity index is 1.49.